The Morgan fingerprint density at radius 1 is 0.878 bits per heavy atom. The lowest BCUT2D eigenvalue weighted by Gasteiger charge is -2.38. The van der Waals surface area contributed by atoms with Gasteiger partial charge in [-0.25, -0.2) is 9.59 Å². The van der Waals surface area contributed by atoms with Gasteiger partial charge in [0, 0.05) is 13.0 Å². The summed E-state index contributed by atoms with van der Waals surface area (Å²) in [6, 6.07) is 16.1. The van der Waals surface area contributed by atoms with Crippen LogP contribution in [0.5, 0.6) is 0 Å². The summed E-state index contributed by atoms with van der Waals surface area (Å²) < 4.78 is 11.1. The third-order valence-electron chi connectivity index (χ3n) is 6.26. The van der Waals surface area contributed by atoms with Crippen molar-refractivity contribution >= 4 is 23.9 Å². The number of alkyl carbamates (subject to hydrolysis) is 1. The van der Waals surface area contributed by atoms with Crippen molar-refractivity contribution in [2.75, 3.05) is 6.54 Å². The van der Waals surface area contributed by atoms with Gasteiger partial charge in [0.2, 0.25) is 5.91 Å². The number of ether oxygens (including phenoxy) is 2. The quantitative estimate of drug-likeness (QED) is 0.318. The monoisotopic (exact) mass is 568 g/mol. The normalized spacial score (nSPS) is 13.2. The maximum absolute atomic E-state index is 14.2. The molecule has 0 heterocycles. The number of hydrogen-bond acceptors (Lipinski definition) is 6. The van der Waals surface area contributed by atoms with Gasteiger partial charge in [-0.05, 0) is 58.1 Å². The number of esters is 1. The molecular formula is C32H44N2O7. The Morgan fingerprint density at radius 3 is 1.90 bits per heavy atom. The Kier molecular flexibility index (Phi) is 11.9. The van der Waals surface area contributed by atoms with Crippen LogP contribution < -0.4 is 5.32 Å². The zero-order valence-corrected chi connectivity index (χ0v) is 25.2. The van der Waals surface area contributed by atoms with Crippen LogP contribution in [0.25, 0.3) is 0 Å². The first-order chi connectivity index (χ1) is 19.1. The van der Waals surface area contributed by atoms with Crippen LogP contribution in [0.3, 0.4) is 0 Å². The molecule has 2 rings (SSSR count). The minimum absolute atomic E-state index is 0.0122. The van der Waals surface area contributed by atoms with E-state index in [1.165, 1.54) is 18.7 Å². The largest absolute Gasteiger partial charge is 0.481 e. The van der Waals surface area contributed by atoms with Crippen LogP contribution in [0, 0.1) is 11.3 Å². The second kappa shape index (κ2) is 14.7. The summed E-state index contributed by atoms with van der Waals surface area (Å²) in [6.45, 7) is 11.7. The summed E-state index contributed by atoms with van der Waals surface area (Å²) in [4.78, 5) is 54.1. The van der Waals surface area contributed by atoms with Crippen LogP contribution >= 0.6 is 0 Å². The molecule has 0 aliphatic heterocycles. The van der Waals surface area contributed by atoms with E-state index in [0.29, 0.717) is 0 Å². The fourth-order valence-corrected chi connectivity index (χ4v) is 4.16. The van der Waals surface area contributed by atoms with Crippen LogP contribution in [0.1, 0.15) is 66.0 Å². The summed E-state index contributed by atoms with van der Waals surface area (Å²) in [5.41, 5.74) is -0.695. The number of carboxylic acids is 1. The molecule has 41 heavy (non-hydrogen) atoms. The lowest BCUT2D eigenvalue weighted by molar-refractivity contribution is -0.168. The highest BCUT2D eigenvalue weighted by atomic mass is 16.6. The first-order valence-corrected chi connectivity index (χ1v) is 13.9. The summed E-state index contributed by atoms with van der Waals surface area (Å²) in [6.07, 6.45) is -0.443. The molecule has 0 unspecified atom stereocenters. The summed E-state index contributed by atoms with van der Waals surface area (Å²) in [5, 5.41) is 12.6. The zero-order valence-electron chi connectivity index (χ0n) is 25.2. The summed E-state index contributed by atoms with van der Waals surface area (Å²) in [5.74, 6) is -2.39. The van der Waals surface area contributed by atoms with E-state index in [1.54, 1.807) is 20.8 Å². The van der Waals surface area contributed by atoms with Gasteiger partial charge in [0.05, 0.1) is 5.41 Å². The van der Waals surface area contributed by atoms with Gasteiger partial charge in [-0.1, -0.05) is 74.5 Å². The van der Waals surface area contributed by atoms with Crippen molar-refractivity contribution in [1.82, 2.24) is 10.2 Å². The van der Waals surface area contributed by atoms with Gasteiger partial charge < -0.3 is 24.8 Å². The Labute approximate surface area is 243 Å². The Morgan fingerprint density at radius 2 is 1.41 bits per heavy atom. The molecule has 9 nitrogen and oxygen atoms in total. The number of benzene rings is 2. The van der Waals surface area contributed by atoms with Crippen molar-refractivity contribution in [1.29, 1.82) is 0 Å². The van der Waals surface area contributed by atoms with Crippen molar-refractivity contribution in [3.63, 3.8) is 0 Å². The van der Waals surface area contributed by atoms with E-state index in [4.69, 9.17) is 9.47 Å². The molecule has 2 aromatic rings. The minimum atomic E-state index is -1.40. The van der Waals surface area contributed by atoms with E-state index in [9.17, 15) is 24.3 Å². The van der Waals surface area contributed by atoms with Gasteiger partial charge in [0.25, 0.3) is 0 Å². The molecule has 0 saturated carbocycles. The average molecular weight is 569 g/mol. The molecule has 0 fully saturated rings. The summed E-state index contributed by atoms with van der Waals surface area (Å²) in [7, 11) is 0. The van der Waals surface area contributed by atoms with Crippen molar-refractivity contribution in [2.24, 2.45) is 11.3 Å². The average Bonchev–Trinajstić information content (AvgIpc) is 2.88. The Hall–Kier alpha value is -3.88. The van der Waals surface area contributed by atoms with Crippen LogP contribution in [0.2, 0.25) is 0 Å². The molecule has 224 valence electrons. The molecule has 2 amide bonds. The van der Waals surface area contributed by atoms with E-state index in [1.807, 2.05) is 74.5 Å². The number of nitrogens with zero attached hydrogens (tertiary/aromatic N) is 1. The van der Waals surface area contributed by atoms with Gasteiger partial charge in [-0.3, -0.25) is 9.59 Å². The third kappa shape index (κ3) is 11.3. The van der Waals surface area contributed by atoms with Crippen LogP contribution in [-0.4, -0.2) is 58.2 Å². The number of rotatable bonds is 13. The molecule has 0 aliphatic carbocycles. The van der Waals surface area contributed by atoms with Crippen LogP contribution in [0.4, 0.5) is 4.79 Å². The third-order valence-corrected chi connectivity index (χ3v) is 6.26. The Bertz CT molecular complexity index is 1160. The predicted molar refractivity (Wildman–Crippen MR) is 156 cm³/mol. The molecule has 0 radical (unpaired) electrons. The molecule has 0 aliphatic rings. The zero-order chi connectivity index (χ0) is 30.8. The number of nitrogens with one attached hydrogen (secondary N) is 1. The lowest BCUT2D eigenvalue weighted by atomic mass is 9.90. The smallest absolute Gasteiger partial charge is 0.408 e. The van der Waals surface area contributed by atoms with Crippen LogP contribution in [-0.2, 0) is 36.9 Å². The number of carbonyl (C=O) groups excluding carboxylic acids is 3. The predicted octanol–water partition coefficient (Wildman–Crippen LogP) is 5.22. The fourth-order valence-electron chi connectivity index (χ4n) is 4.16. The Balaban J connectivity index is 2.47. The highest BCUT2D eigenvalue weighted by Gasteiger charge is 2.42. The van der Waals surface area contributed by atoms with Gasteiger partial charge in [-0.2, -0.15) is 0 Å². The maximum atomic E-state index is 14.2. The van der Waals surface area contributed by atoms with E-state index in [2.05, 4.69) is 5.32 Å². The fraction of sp³-hybridized carbons (Fsp3) is 0.500. The molecule has 0 bridgehead atoms. The molecule has 9 heteroatoms. The molecule has 0 aromatic heterocycles. The van der Waals surface area contributed by atoms with Crippen molar-refractivity contribution < 1.29 is 33.8 Å². The summed E-state index contributed by atoms with van der Waals surface area (Å²) >= 11 is 0. The van der Waals surface area contributed by atoms with Crippen molar-refractivity contribution in [2.45, 2.75) is 85.6 Å². The molecule has 0 saturated heterocycles. The molecule has 0 spiro atoms. The number of hydrogen-bond donors (Lipinski definition) is 2. The number of aliphatic carboxylic acids is 1. The van der Waals surface area contributed by atoms with Crippen molar-refractivity contribution in [3.8, 4) is 0 Å². The number of carbonyl (C=O) groups is 4. The molecule has 2 N–H and O–H groups in total. The van der Waals surface area contributed by atoms with Crippen molar-refractivity contribution in [3.05, 3.63) is 71.8 Å². The van der Waals surface area contributed by atoms with E-state index in [0.717, 1.165) is 11.1 Å². The van der Waals surface area contributed by atoms with Gasteiger partial charge in [0.15, 0.2) is 0 Å². The molecule has 2 atom stereocenters. The van der Waals surface area contributed by atoms with Gasteiger partial charge >= 0.3 is 18.0 Å². The topological polar surface area (TPSA) is 122 Å². The first-order valence-electron chi connectivity index (χ1n) is 13.9. The molecular weight excluding hydrogens is 524 g/mol. The van der Waals surface area contributed by atoms with E-state index < -0.39 is 47.0 Å². The highest BCUT2D eigenvalue weighted by Crippen LogP contribution is 2.24. The second-order valence-corrected chi connectivity index (χ2v) is 12.3. The highest BCUT2D eigenvalue weighted by molar-refractivity contribution is 5.90. The molecule has 2 aromatic carbocycles. The SMILES string of the molecule is CC(C)C[C@H](NC(=O)OCc1ccccc1)C(=O)N(CC(C)(C)C(=O)O)[C@@H](Cc1ccccc1)C(=O)OC(C)(C)C. The minimum Gasteiger partial charge on any atom is -0.481 e. The van der Waals surface area contributed by atoms with E-state index in [-0.39, 0.29) is 31.9 Å². The van der Waals surface area contributed by atoms with Gasteiger partial charge in [-0.15, -0.1) is 0 Å². The van der Waals surface area contributed by atoms with E-state index >= 15 is 0 Å². The van der Waals surface area contributed by atoms with Gasteiger partial charge in [0.1, 0.15) is 24.3 Å². The maximum Gasteiger partial charge on any atom is 0.408 e. The number of carboxylic acid groups (broad SMARTS) is 1. The lowest BCUT2D eigenvalue weighted by Crippen LogP contribution is -2.58. The standard InChI is InChI=1S/C32H44N2O7/c1-22(2)18-25(33-30(39)40-20-24-16-12-9-13-17-24)27(35)34(21-32(6,7)29(37)38)26(28(36)41-31(3,4)5)19-23-14-10-8-11-15-23/h8-17,22,25-26H,18-21H2,1-7H3,(H,33,39)(H,37,38)/t25-,26-/m0/s1. The number of amides is 2. The second-order valence-electron chi connectivity index (χ2n) is 12.3. The first kappa shape index (κ1) is 33.3. The van der Waals surface area contributed by atoms with Crippen LogP contribution in [0.15, 0.2) is 60.7 Å².